The highest BCUT2D eigenvalue weighted by atomic mass is 19.1. The van der Waals surface area contributed by atoms with Gasteiger partial charge in [-0.25, -0.2) is 14.4 Å². The monoisotopic (exact) mass is 504 g/mol. The Morgan fingerprint density at radius 1 is 1.05 bits per heavy atom. The van der Waals surface area contributed by atoms with E-state index in [0.717, 1.165) is 17.7 Å². The number of pyridine rings is 2. The summed E-state index contributed by atoms with van der Waals surface area (Å²) < 4.78 is 26.4. The summed E-state index contributed by atoms with van der Waals surface area (Å²) in [4.78, 5) is 23.6. The fraction of sp³-hybridized carbons (Fsp3) is 0.414. The first-order valence-electron chi connectivity index (χ1n) is 13.0. The third-order valence-corrected chi connectivity index (χ3v) is 7.07. The minimum Gasteiger partial charge on any atom is -0.492 e. The quantitative estimate of drug-likeness (QED) is 0.419. The van der Waals surface area contributed by atoms with Crippen LogP contribution < -0.4 is 14.8 Å². The number of carbonyl (C=O) groups is 1. The van der Waals surface area contributed by atoms with Crippen LogP contribution in [0.3, 0.4) is 0 Å². The first-order chi connectivity index (χ1) is 18.0. The number of aromatic nitrogens is 2. The molecule has 0 bridgehead atoms. The van der Waals surface area contributed by atoms with E-state index in [-0.39, 0.29) is 11.8 Å². The van der Waals surface area contributed by atoms with Crippen LogP contribution >= 0.6 is 0 Å². The van der Waals surface area contributed by atoms with Crippen LogP contribution in [0.1, 0.15) is 43.2 Å². The van der Waals surface area contributed by atoms with Gasteiger partial charge in [-0.1, -0.05) is 36.4 Å². The highest BCUT2D eigenvalue weighted by Gasteiger charge is 2.34. The third-order valence-electron chi connectivity index (χ3n) is 7.07. The standard InChI is InChI=1S/C29H33FN4O3/c1-20(29(35)33-27-11-10-24(16-31-27)36-18-22-7-8-22)34-14-13-26(30)25(17-34)23-9-12-28(32-15-23)37-19-21-5-3-2-4-6-21/h2-6,9-12,15-16,20,22,25-26H,7-8,13-14,17-19H2,1H3,(H,31,33,35)/t20-,25?,26?/m0/s1. The van der Waals surface area contributed by atoms with Crippen LogP contribution in [0.5, 0.6) is 11.6 Å². The van der Waals surface area contributed by atoms with Gasteiger partial charge in [0, 0.05) is 31.3 Å². The molecule has 1 saturated heterocycles. The molecule has 2 fully saturated rings. The summed E-state index contributed by atoms with van der Waals surface area (Å²) in [5.41, 5.74) is 1.86. The minimum absolute atomic E-state index is 0.169. The van der Waals surface area contributed by atoms with Crippen molar-refractivity contribution < 1.29 is 18.7 Å². The topological polar surface area (TPSA) is 76.6 Å². The number of carbonyl (C=O) groups excluding carboxylic acids is 1. The zero-order valence-corrected chi connectivity index (χ0v) is 21.1. The second-order valence-corrected chi connectivity index (χ2v) is 9.91. The molecular formula is C29H33FN4O3. The summed E-state index contributed by atoms with van der Waals surface area (Å²) in [6.45, 7) is 3.93. The van der Waals surface area contributed by atoms with E-state index in [1.54, 1.807) is 24.5 Å². The predicted octanol–water partition coefficient (Wildman–Crippen LogP) is 5.00. The molecule has 3 heterocycles. The fourth-order valence-corrected chi connectivity index (χ4v) is 4.48. The van der Waals surface area contributed by atoms with E-state index >= 15 is 0 Å². The molecule has 0 spiro atoms. The Morgan fingerprint density at radius 2 is 1.89 bits per heavy atom. The van der Waals surface area contributed by atoms with Gasteiger partial charge < -0.3 is 14.8 Å². The van der Waals surface area contributed by atoms with Crippen molar-refractivity contribution in [3.8, 4) is 11.6 Å². The van der Waals surface area contributed by atoms with Crippen molar-refractivity contribution in [2.45, 2.75) is 50.9 Å². The van der Waals surface area contributed by atoms with Crippen LogP contribution in [0.25, 0.3) is 0 Å². The number of piperidine rings is 1. The number of nitrogens with one attached hydrogen (secondary N) is 1. The first-order valence-corrected chi connectivity index (χ1v) is 13.0. The molecule has 194 valence electrons. The summed E-state index contributed by atoms with van der Waals surface area (Å²) >= 11 is 0. The zero-order valence-electron chi connectivity index (χ0n) is 21.1. The molecule has 1 amide bonds. The lowest BCUT2D eigenvalue weighted by atomic mass is 9.89. The van der Waals surface area contributed by atoms with Crippen molar-refractivity contribution >= 4 is 11.7 Å². The van der Waals surface area contributed by atoms with Gasteiger partial charge in [-0.2, -0.15) is 0 Å². The average Bonchev–Trinajstić information content (AvgIpc) is 3.77. The lowest BCUT2D eigenvalue weighted by molar-refractivity contribution is -0.121. The summed E-state index contributed by atoms with van der Waals surface area (Å²) in [6, 6.07) is 16.7. The number of alkyl halides is 1. The molecule has 0 radical (unpaired) electrons. The highest BCUT2D eigenvalue weighted by molar-refractivity contribution is 5.93. The van der Waals surface area contributed by atoms with E-state index in [0.29, 0.717) is 49.5 Å². The van der Waals surface area contributed by atoms with E-state index in [1.807, 2.05) is 54.3 Å². The van der Waals surface area contributed by atoms with Crippen LogP contribution in [-0.4, -0.2) is 52.7 Å². The highest BCUT2D eigenvalue weighted by Crippen LogP contribution is 2.31. The molecule has 37 heavy (non-hydrogen) atoms. The van der Waals surface area contributed by atoms with Gasteiger partial charge in [0.05, 0.1) is 18.8 Å². The van der Waals surface area contributed by atoms with Crippen LogP contribution in [0.15, 0.2) is 67.0 Å². The van der Waals surface area contributed by atoms with Crippen LogP contribution in [0.2, 0.25) is 0 Å². The Balaban J connectivity index is 1.14. The van der Waals surface area contributed by atoms with E-state index in [9.17, 15) is 9.18 Å². The van der Waals surface area contributed by atoms with Crippen molar-refractivity contribution in [3.63, 3.8) is 0 Å². The molecule has 3 atom stereocenters. The Bertz CT molecular complexity index is 1160. The van der Waals surface area contributed by atoms with Crippen molar-refractivity contribution in [3.05, 3.63) is 78.1 Å². The molecule has 7 nitrogen and oxygen atoms in total. The van der Waals surface area contributed by atoms with Crippen LogP contribution in [-0.2, 0) is 11.4 Å². The summed E-state index contributed by atoms with van der Waals surface area (Å²) in [5.74, 6) is 1.82. The number of hydrogen-bond donors (Lipinski definition) is 1. The number of ether oxygens (including phenoxy) is 2. The maximum atomic E-state index is 14.9. The minimum atomic E-state index is -0.991. The Hall–Kier alpha value is -3.52. The van der Waals surface area contributed by atoms with Crippen molar-refractivity contribution in [1.82, 2.24) is 14.9 Å². The van der Waals surface area contributed by atoms with Gasteiger partial charge in [-0.05, 0) is 55.4 Å². The molecule has 2 unspecified atom stereocenters. The van der Waals surface area contributed by atoms with Crippen molar-refractivity contribution in [1.29, 1.82) is 0 Å². The Kier molecular flexibility index (Phi) is 7.94. The molecule has 1 saturated carbocycles. The maximum Gasteiger partial charge on any atom is 0.242 e. The lowest BCUT2D eigenvalue weighted by Crippen LogP contribution is -2.49. The van der Waals surface area contributed by atoms with E-state index in [4.69, 9.17) is 9.47 Å². The van der Waals surface area contributed by atoms with E-state index in [1.165, 1.54) is 12.8 Å². The van der Waals surface area contributed by atoms with Gasteiger partial charge in [-0.3, -0.25) is 9.69 Å². The number of benzene rings is 1. The maximum absolute atomic E-state index is 14.9. The number of amides is 1. The first kappa shape index (κ1) is 25.1. The van der Waals surface area contributed by atoms with Crippen LogP contribution in [0, 0.1) is 5.92 Å². The molecule has 2 aromatic heterocycles. The molecule has 2 aliphatic rings. The van der Waals surface area contributed by atoms with E-state index < -0.39 is 12.2 Å². The largest absolute Gasteiger partial charge is 0.492 e. The number of hydrogen-bond acceptors (Lipinski definition) is 6. The summed E-state index contributed by atoms with van der Waals surface area (Å²) in [6.07, 6.45) is 5.14. The molecule has 1 N–H and O–H groups in total. The van der Waals surface area contributed by atoms with Crippen molar-refractivity contribution in [2.24, 2.45) is 5.92 Å². The average molecular weight is 505 g/mol. The van der Waals surface area contributed by atoms with E-state index in [2.05, 4.69) is 15.3 Å². The molecule has 1 aliphatic carbocycles. The van der Waals surface area contributed by atoms with Crippen LogP contribution in [0.4, 0.5) is 10.2 Å². The molecular weight excluding hydrogens is 471 g/mol. The van der Waals surface area contributed by atoms with Gasteiger partial charge in [0.25, 0.3) is 0 Å². The molecule has 3 aromatic rings. The second-order valence-electron chi connectivity index (χ2n) is 9.91. The number of rotatable bonds is 10. The smallest absolute Gasteiger partial charge is 0.242 e. The molecule has 5 rings (SSSR count). The molecule has 1 aliphatic heterocycles. The lowest BCUT2D eigenvalue weighted by Gasteiger charge is -2.38. The Morgan fingerprint density at radius 3 is 2.59 bits per heavy atom. The fourth-order valence-electron chi connectivity index (χ4n) is 4.48. The van der Waals surface area contributed by atoms with Gasteiger partial charge in [0.15, 0.2) is 0 Å². The summed E-state index contributed by atoms with van der Waals surface area (Å²) in [7, 11) is 0. The third kappa shape index (κ3) is 6.83. The predicted molar refractivity (Wildman–Crippen MR) is 139 cm³/mol. The van der Waals surface area contributed by atoms with Crippen molar-refractivity contribution in [2.75, 3.05) is 25.0 Å². The van der Waals surface area contributed by atoms with Gasteiger partial charge in [0.2, 0.25) is 11.8 Å². The number of halogens is 1. The number of nitrogens with zero attached hydrogens (tertiary/aromatic N) is 3. The molecule has 8 heteroatoms. The summed E-state index contributed by atoms with van der Waals surface area (Å²) in [5, 5.41) is 2.87. The normalized spacial score (nSPS) is 20.7. The zero-order chi connectivity index (χ0) is 25.6. The second kappa shape index (κ2) is 11.7. The van der Waals surface area contributed by atoms with Gasteiger partial charge in [0.1, 0.15) is 24.3 Å². The van der Waals surface area contributed by atoms with Gasteiger partial charge in [-0.15, -0.1) is 0 Å². The van der Waals surface area contributed by atoms with Gasteiger partial charge >= 0.3 is 0 Å². The SMILES string of the molecule is C[C@@H](C(=O)Nc1ccc(OCC2CC2)cn1)N1CCC(F)C(c2ccc(OCc3ccccc3)nc2)C1. The number of anilines is 1. The molecule has 1 aromatic carbocycles. The Labute approximate surface area is 217 Å². The number of likely N-dealkylation sites (tertiary alicyclic amines) is 1.